The van der Waals surface area contributed by atoms with Gasteiger partial charge >= 0.3 is 86.8 Å². The summed E-state index contributed by atoms with van der Waals surface area (Å²) < 4.78 is 0.758. The van der Waals surface area contributed by atoms with Crippen molar-refractivity contribution in [3.8, 4) is 0 Å². The molecule has 0 saturated heterocycles. The Balaban J connectivity index is 2.95. The second kappa shape index (κ2) is 5.02. The Morgan fingerprint density at radius 2 is 2.31 bits per heavy atom. The van der Waals surface area contributed by atoms with Gasteiger partial charge in [-0.1, -0.05) is 0 Å². The van der Waals surface area contributed by atoms with Gasteiger partial charge in [0.1, 0.15) is 0 Å². The van der Waals surface area contributed by atoms with Crippen LogP contribution in [0, 0.1) is 0 Å². The fourth-order valence-electron chi connectivity index (χ4n) is 1.12. The van der Waals surface area contributed by atoms with Gasteiger partial charge in [0, 0.05) is 0 Å². The van der Waals surface area contributed by atoms with Crippen molar-refractivity contribution in [1.82, 2.24) is 0 Å². The fraction of sp³-hybridized carbons (Fsp3) is 0.182. The Morgan fingerprint density at radius 1 is 1.54 bits per heavy atom. The zero-order chi connectivity index (χ0) is 9.68. The van der Waals surface area contributed by atoms with Crippen molar-refractivity contribution in [1.29, 1.82) is 0 Å². The molecule has 0 fully saturated rings. The van der Waals surface area contributed by atoms with E-state index in [1.54, 1.807) is 0 Å². The van der Waals surface area contributed by atoms with Crippen LogP contribution in [-0.2, 0) is 11.2 Å². The number of allylic oxidation sites excluding steroid dienone is 1. The summed E-state index contributed by atoms with van der Waals surface area (Å²) in [6, 6.07) is 8.22. The van der Waals surface area contributed by atoms with E-state index in [1.165, 1.54) is 5.56 Å². The molecular weight excluding hydrogens is 221 g/mol. The summed E-state index contributed by atoms with van der Waals surface area (Å²) in [7, 11) is 0. The van der Waals surface area contributed by atoms with Gasteiger partial charge in [0.25, 0.3) is 0 Å². The molecule has 0 atom stereocenters. The molecule has 0 amide bonds. The first-order valence-corrected chi connectivity index (χ1v) is 5.28. The number of rotatable bonds is 3. The van der Waals surface area contributed by atoms with Crippen molar-refractivity contribution in [2.75, 3.05) is 0 Å². The van der Waals surface area contributed by atoms with Gasteiger partial charge in [0.15, 0.2) is 0 Å². The molecule has 0 unspecified atom stereocenters. The van der Waals surface area contributed by atoms with E-state index >= 15 is 0 Å². The summed E-state index contributed by atoms with van der Waals surface area (Å²) in [5.74, 6) is 0. The number of benzene rings is 1. The zero-order valence-corrected chi connectivity index (χ0v) is 9.68. The molecule has 3 radical (unpaired) electrons. The zero-order valence-electron chi connectivity index (χ0n) is 7.58. The average Bonchev–Trinajstić information content (AvgIpc) is 2.18. The minimum atomic E-state index is 0.758. The van der Waals surface area contributed by atoms with E-state index in [9.17, 15) is 4.79 Å². The predicted octanol–water partition coefficient (Wildman–Crippen LogP) is 1.96. The van der Waals surface area contributed by atoms with Gasteiger partial charge in [0.2, 0.25) is 0 Å². The van der Waals surface area contributed by atoms with Crippen LogP contribution in [0.2, 0.25) is 0 Å². The van der Waals surface area contributed by atoms with E-state index in [-0.39, 0.29) is 0 Å². The molecule has 13 heavy (non-hydrogen) atoms. The number of aryl methyl sites for hydroxylation is 1. The molecule has 0 aliphatic carbocycles. The van der Waals surface area contributed by atoms with Crippen molar-refractivity contribution in [3.63, 3.8) is 0 Å². The van der Waals surface area contributed by atoms with Crippen molar-refractivity contribution >= 4 is 28.9 Å². The van der Waals surface area contributed by atoms with Crippen LogP contribution in [0.15, 0.2) is 28.7 Å². The Morgan fingerprint density at radius 3 is 2.92 bits per heavy atom. The first-order chi connectivity index (χ1) is 6.26. The minimum absolute atomic E-state index is 0.758. The Hall–Kier alpha value is -0.827. The maximum atomic E-state index is 10.4. The third-order valence-electron chi connectivity index (χ3n) is 1.81. The van der Waals surface area contributed by atoms with Crippen LogP contribution >= 0.6 is 0 Å². The fourth-order valence-corrected chi connectivity index (χ4v) is 1.47. The first-order valence-electron chi connectivity index (χ1n) is 4.23. The summed E-state index contributed by atoms with van der Waals surface area (Å²) in [5.41, 5.74) is 2.40. The maximum absolute atomic E-state index is 10.4. The Bertz CT molecular complexity index is 329. The third kappa shape index (κ3) is 3.19. The monoisotopic (exact) mass is 233 g/mol. The van der Waals surface area contributed by atoms with Crippen LogP contribution in [0.3, 0.4) is 0 Å². The molecule has 0 bridgehead atoms. The van der Waals surface area contributed by atoms with Crippen LogP contribution in [0.4, 0.5) is 0 Å². The van der Waals surface area contributed by atoms with Crippen molar-refractivity contribution in [2.45, 2.75) is 13.3 Å². The molecule has 2 heteroatoms. The third-order valence-corrected chi connectivity index (χ3v) is 2.36. The van der Waals surface area contributed by atoms with Gasteiger partial charge in [0.05, 0.1) is 0 Å². The van der Waals surface area contributed by atoms with Crippen molar-refractivity contribution in [3.05, 3.63) is 39.8 Å². The average molecular weight is 232 g/mol. The molecule has 65 valence electrons. The molecule has 0 aromatic heterocycles. The van der Waals surface area contributed by atoms with Gasteiger partial charge < -0.3 is 0 Å². The summed E-state index contributed by atoms with van der Waals surface area (Å²) in [5, 5.41) is 0. The van der Waals surface area contributed by atoms with Crippen molar-refractivity contribution < 1.29 is 4.79 Å². The molecule has 1 nitrogen and oxygen atoms in total. The molecule has 0 aliphatic heterocycles. The molecule has 0 heterocycles. The Labute approximate surface area is 87.1 Å². The number of hydrogen-bond donors (Lipinski definition) is 0. The van der Waals surface area contributed by atoms with Crippen LogP contribution in [-0.4, -0.2) is 22.8 Å². The van der Waals surface area contributed by atoms with Gasteiger partial charge in [-0.25, -0.2) is 0 Å². The quantitative estimate of drug-likeness (QED) is 0.442. The van der Waals surface area contributed by atoms with E-state index in [1.807, 2.05) is 34.7 Å². The van der Waals surface area contributed by atoms with Crippen LogP contribution in [0.25, 0.3) is 6.08 Å². The Kier molecular flexibility index (Phi) is 3.96. The molecule has 0 aliphatic rings. The topological polar surface area (TPSA) is 17.1 Å². The number of aldehydes is 1. The second-order valence-electron chi connectivity index (χ2n) is 2.82. The standard InChI is InChI=1S/C11H11GeO/c1-2-9-4-3-5-10(6-9)7-11(12)8-13/h3-8H,2H2,1H3. The summed E-state index contributed by atoms with van der Waals surface area (Å²) in [6.07, 6.45) is 3.80. The van der Waals surface area contributed by atoms with Gasteiger partial charge in [-0.15, -0.1) is 0 Å². The number of carbonyl (C=O) groups excluding carboxylic acids is 1. The van der Waals surface area contributed by atoms with Gasteiger partial charge in [-0.05, 0) is 0 Å². The van der Waals surface area contributed by atoms with E-state index < -0.39 is 0 Å². The number of carbonyl (C=O) groups is 1. The van der Waals surface area contributed by atoms with Crippen LogP contribution in [0.1, 0.15) is 18.1 Å². The van der Waals surface area contributed by atoms with Crippen LogP contribution in [0.5, 0.6) is 0 Å². The normalized spacial score (nSPS) is 11.4. The van der Waals surface area contributed by atoms with E-state index in [2.05, 4.69) is 19.1 Å². The molecule has 1 rings (SSSR count). The molecular formula is C11H11GeO. The molecule has 1 aromatic rings. The van der Waals surface area contributed by atoms with E-state index in [0.717, 1.165) is 22.7 Å². The van der Waals surface area contributed by atoms with E-state index in [4.69, 9.17) is 0 Å². The summed E-state index contributed by atoms with van der Waals surface area (Å²) in [6.45, 7) is 2.12. The summed E-state index contributed by atoms with van der Waals surface area (Å²) >= 11 is 1.81. The molecule has 1 aromatic carbocycles. The van der Waals surface area contributed by atoms with Crippen molar-refractivity contribution in [2.24, 2.45) is 0 Å². The first kappa shape index (κ1) is 10.3. The SMILES string of the molecule is CCc1cccc(C=[C]([Ge])C=O)c1. The second-order valence-corrected chi connectivity index (χ2v) is 4.03. The molecule has 0 N–H and O–H groups in total. The van der Waals surface area contributed by atoms with Crippen LogP contribution < -0.4 is 0 Å². The number of hydrogen-bond acceptors (Lipinski definition) is 1. The molecule has 0 saturated carbocycles. The van der Waals surface area contributed by atoms with Gasteiger partial charge in [-0.3, -0.25) is 0 Å². The van der Waals surface area contributed by atoms with Gasteiger partial charge in [-0.2, -0.15) is 0 Å². The van der Waals surface area contributed by atoms with E-state index in [0.29, 0.717) is 0 Å². The summed E-state index contributed by atoms with van der Waals surface area (Å²) in [4.78, 5) is 10.4. The molecule has 0 spiro atoms. The predicted molar refractivity (Wildman–Crippen MR) is 55.6 cm³/mol.